The average Bonchev–Trinajstić information content (AvgIpc) is 3.02. The summed E-state index contributed by atoms with van der Waals surface area (Å²) in [4.78, 5) is 23.8. The molecule has 0 heterocycles. The number of ether oxygens (including phenoxy) is 2. The molecule has 0 bridgehead atoms. The lowest BCUT2D eigenvalue weighted by atomic mass is 9.53. The lowest BCUT2D eigenvalue weighted by Crippen LogP contribution is -2.50. The van der Waals surface area contributed by atoms with Gasteiger partial charge in [-0.15, -0.1) is 0 Å². The van der Waals surface area contributed by atoms with Crippen molar-refractivity contribution in [3.8, 4) is 17.6 Å². The van der Waals surface area contributed by atoms with Crippen LogP contribution >= 0.6 is 0 Å². The standard InChI is InChI=1S/C27H34O5/c1-25(2,3)24(29)32-18-7-9-19-17(16-18)6-8-21-20(19)10-13-26(4)22(21)11-14-27(26,30)15-12-23(28)31-5/h7,9,16,20-22,30H,6,8,10-11,13-14H2,1-5H3/t20-,21-,22+,26+,27-/m1/s1. The van der Waals surface area contributed by atoms with Gasteiger partial charge >= 0.3 is 11.9 Å². The molecule has 5 heteroatoms. The number of carbonyl (C=O) groups is 2. The largest absolute Gasteiger partial charge is 0.459 e. The number of benzene rings is 1. The fraction of sp³-hybridized carbons (Fsp3) is 0.630. The Kier molecular flexibility index (Phi) is 5.66. The summed E-state index contributed by atoms with van der Waals surface area (Å²) in [7, 11) is 1.31. The Morgan fingerprint density at radius 1 is 1.16 bits per heavy atom. The predicted molar refractivity (Wildman–Crippen MR) is 121 cm³/mol. The highest BCUT2D eigenvalue weighted by Crippen LogP contribution is 2.64. The number of fused-ring (bicyclic) bond motifs is 5. The monoisotopic (exact) mass is 438 g/mol. The van der Waals surface area contributed by atoms with Crippen molar-refractivity contribution in [2.24, 2.45) is 22.7 Å². The molecule has 0 radical (unpaired) electrons. The summed E-state index contributed by atoms with van der Waals surface area (Å²) >= 11 is 0. The van der Waals surface area contributed by atoms with E-state index in [9.17, 15) is 14.7 Å². The van der Waals surface area contributed by atoms with Gasteiger partial charge in [-0.05, 0) is 100 Å². The molecule has 5 nitrogen and oxygen atoms in total. The maximum absolute atomic E-state index is 12.3. The van der Waals surface area contributed by atoms with Crippen molar-refractivity contribution in [2.75, 3.05) is 7.11 Å². The van der Waals surface area contributed by atoms with E-state index < -0.39 is 17.0 Å². The first kappa shape index (κ1) is 22.9. The highest BCUT2D eigenvalue weighted by Gasteiger charge is 2.61. The van der Waals surface area contributed by atoms with E-state index in [-0.39, 0.29) is 11.4 Å². The summed E-state index contributed by atoms with van der Waals surface area (Å²) in [5.41, 5.74) is 0.615. The molecule has 2 saturated carbocycles. The Bertz CT molecular complexity index is 994. The van der Waals surface area contributed by atoms with Gasteiger partial charge in [-0.25, -0.2) is 4.79 Å². The number of aryl methyl sites for hydroxylation is 1. The molecule has 0 aromatic heterocycles. The minimum Gasteiger partial charge on any atom is -0.459 e. The second-order valence-corrected chi connectivity index (χ2v) is 11.0. The molecule has 0 amide bonds. The van der Waals surface area contributed by atoms with Gasteiger partial charge in [0.2, 0.25) is 0 Å². The number of esters is 2. The van der Waals surface area contributed by atoms with Crippen molar-refractivity contribution in [1.29, 1.82) is 0 Å². The summed E-state index contributed by atoms with van der Waals surface area (Å²) in [5, 5.41) is 11.4. The topological polar surface area (TPSA) is 72.8 Å². The smallest absolute Gasteiger partial charge is 0.384 e. The Hall–Kier alpha value is -2.32. The van der Waals surface area contributed by atoms with Crippen molar-refractivity contribution < 1.29 is 24.2 Å². The maximum atomic E-state index is 12.3. The molecule has 2 fully saturated rings. The van der Waals surface area contributed by atoms with Crippen LogP contribution in [0.4, 0.5) is 0 Å². The molecule has 0 spiro atoms. The fourth-order valence-electron chi connectivity index (χ4n) is 6.31. The minimum atomic E-state index is -1.15. The molecule has 4 rings (SSSR count). The van der Waals surface area contributed by atoms with E-state index in [2.05, 4.69) is 29.6 Å². The van der Waals surface area contributed by atoms with Crippen LogP contribution in [0.5, 0.6) is 5.75 Å². The first-order valence-corrected chi connectivity index (χ1v) is 11.7. The molecular formula is C27H34O5. The molecule has 32 heavy (non-hydrogen) atoms. The number of hydrogen-bond donors (Lipinski definition) is 1. The van der Waals surface area contributed by atoms with E-state index in [1.165, 1.54) is 18.2 Å². The van der Waals surface area contributed by atoms with Gasteiger partial charge in [0.25, 0.3) is 0 Å². The van der Waals surface area contributed by atoms with Crippen LogP contribution in [0.25, 0.3) is 0 Å². The SMILES string of the molecule is COC(=O)C#C[C@]1(O)CC[C@H]2[C@@H]3CCc4cc(OC(=O)C(C)(C)C)ccc4[C@H]3CC[C@@]21C. The number of aliphatic hydroxyl groups is 1. The van der Waals surface area contributed by atoms with Gasteiger partial charge in [-0.1, -0.05) is 18.9 Å². The Morgan fingerprint density at radius 2 is 1.91 bits per heavy atom. The van der Waals surface area contributed by atoms with Crippen molar-refractivity contribution >= 4 is 11.9 Å². The zero-order valence-corrected chi connectivity index (χ0v) is 19.8. The maximum Gasteiger partial charge on any atom is 0.384 e. The third-order valence-corrected chi connectivity index (χ3v) is 8.23. The zero-order chi connectivity index (χ0) is 23.3. The van der Waals surface area contributed by atoms with E-state index in [0.29, 0.717) is 29.9 Å². The van der Waals surface area contributed by atoms with Crippen LogP contribution in [0.3, 0.4) is 0 Å². The fourth-order valence-corrected chi connectivity index (χ4v) is 6.31. The second kappa shape index (κ2) is 7.92. The number of hydrogen-bond acceptors (Lipinski definition) is 5. The molecule has 3 aliphatic carbocycles. The molecule has 5 atom stereocenters. The van der Waals surface area contributed by atoms with Gasteiger partial charge in [0.1, 0.15) is 11.4 Å². The highest BCUT2D eigenvalue weighted by atomic mass is 16.5. The van der Waals surface area contributed by atoms with Gasteiger partial charge in [0.05, 0.1) is 12.5 Å². The van der Waals surface area contributed by atoms with Crippen LogP contribution in [0, 0.1) is 34.5 Å². The Morgan fingerprint density at radius 3 is 2.59 bits per heavy atom. The van der Waals surface area contributed by atoms with E-state index in [4.69, 9.17) is 4.74 Å². The first-order chi connectivity index (χ1) is 15.0. The zero-order valence-electron chi connectivity index (χ0n) is 19.8. The highest BCUT2D eigenvalue weighted by molar-refractivity contribution is 5.88. The predicted octanol–water partition coefficient (Wildman–Crippen LogP) is 4.40. The normalized spacial score (nSPS) is 33.1. The third kappa shape index (κ3) is 3.73. The lowest BCUT2D eigenvalue weighted by Gasteiger charge is -2.52. The van der Waals surface area contributed by atoms with E-state index in [1.807, 2.05) is 32.9 Å². The molecule has 1 aromatic carbocycles. The molecular weight excluding hydrogens is 404 g/mol. The first-order valence-electron chi connectivity index (χ1n) is 11.7. The summed E-state index contributed by atoms with van der Waals surface area (Å²) in [6.07, 6.45) is 5.35. The van der Waals surface area contributed by atoms with Crippen LogP contribution in [0.2, 0.25) is 0 Å². The van der Waals surface area contributed by atoms with Gasteiger partial charge in [0.15, 0.2) is 0 Å². The molecule has 1 aromatic rings. The van der Waals surface area contributed by atoms with Crippen molar-refractivity contribution in [3.05, 3.63) is 29.3 Å². The molecule has 172 valence electrons. The van der Waals surface area contributed by atoms with Crippen LogP contribution in [0.15, 0.2) is 18.2 Å². The average molecular weight is 439 g/mol. The van der Waals surface area contributed by atoms with Gasteiger partial charge in [-0.3, -0.25) is 4.79 Å². The number of carbonyl (C=O) groups excluding carboxylic acids is 2. The molecule has 0 aliphatic heterocycles. The van der Waals surface area contributed by atoms with Crippen molar-refractivity contribution in [3.63, 3.8) is 0 Å². The quantitative estimate of drug-likeness (QED) is 0.304. The second-order valence-electron chi connectivity index (χ2n) is 11.0. The van der Waals surface area contributed by atoms with Gasteiger partial charge < -0.3 is 14.6 Å². The van der Waals surface area contributed by atoms with Crippen LogP contribution < -0.4 is 4.74 Å². The molecule has 0 saturated heterocycles. The minimum absolute atomic E-state index is 0.224. The van der Waals surface area contributed by atoms with Crippen LogP contribution in [-0.2, 0) is 20.7 Å². The number of methoxy groups -OCH3 is 1. The summed E-state index contributed by atoms with van der Waals surface area (Å²) in [5.74, 6) is 6.46. The van der Waals surface area contributed by atoms with Gasteiger partial charge in [0, 0.05) is 11.3 Å². The summed E-state index contributed by atoms with van der Waals surface area (Å²) in [6, 6.07) is 6.10. The Balaban J connectivity index is 1.56. The number of rotatable bonds is 1. The molecule has 1 N–H and O–H groups in total. The van der Waals surface area contributed by atoms with E-state index in [0.717, 1.165) is 32.1 Å². The van der Waals surface area contributed by atoms with E-state index in [1.54, 1.807) is 0 Å². The summed E-state index contributed by atoms with van der Waals surface area (Å²) < 4.78 is 10.3. The third-order valence-electron chi connectivity index (χ3n) is 8.23. The van der Waals surface area contributed by atoms with Crippen LogP contribution in [0.1, 0.15) is 76.8 Å². The van der Waals surface area contributed by atoms with E-state index >= 15 is 0 Å². The van der Waals surface area contributed by atoms with Crippen molar-refractivity contribution in [2.45, 2.75) is 77.7 Å². The van der Waals surface area contributed by atoms with Crippen LogP contribution in [-0.4, -0.2) is 29.8 Å². The molecule has 3 aliphatic rings. The Labute approximate surface area is 190 Å². The molecule has 0 unspecified atom stereocenters. The van der Waals surface area contributed by atoms with Gasteiger partial charge in [-0.2, -0.15) is 0 Å². The summed E-state index contributed by atoms with van der Waals surface area (Å²) in [6.45, 7) is 7.72. The lowest BCUT2D eigenvalue weighted by molar-refractivity contribution is -0.143. The van der Waals surface area contributed by atoms with Crippen molar-refractivity contribution in [1.82, 2.24) is 0 Å².